The Morgan fingerprint density at radius 3 is 2.26 bits per heavy atom. The van der Waals surface area contributed by atoms with Gasteiger partial charge < -0.3 is 26.7 Å². The largest absolute Gasteiger partial charge is 0.497 e. The van der Waals surface area contributed by atoms with Crippen LogP contribution < -0.4 is 26.7 Å². The number of methoxy groups -OCH3 is 1. The van der Waals surface area contributed by atoms with E-state index in [4.69, 9.17) is 26.7 Å². The van der Waals surface area contributed by atoms with E-state index in [9.17, 15) is 4.39 Å². The summed E-state index contributed by atoms with van der Waals surface area (Å²) < 4.78 is 24.2. The Bertz CT molecular complexity index is 740. The molecule has 6 N–H and O–H groups in total. The molecule has 0 spiro atoms. The van der Waals surface area contributed by atoms with Gasteiger partial charge in [-0.1, -0.05) is 0 Å². The quantitative estimate of drug-likeness (QED) is 0.587. The van der Waals surface area contributed by atoms with E-state index in [1.165, 1.54) is 12.1 Å². The normalized spacial score (nSPS) is 11.0. The highest BCUT2D eigenvalue weighted by Crippen LogP contribution is 2.33. The van der Waals surface area contributed by atoms with Crippen molar-refractivity contribution in [3.05, 3.63) is 48.3 Å². The number of halogens is 1. The zero-order valence-corrected chi connectivity index (χ0v) is 12.4. The molecule has 0 radical (unpaired) electrons. The molecule has 0 heterocycles. The van der Waals surface area contributed by atoms with Gasteiger partial charge in [0.25, 0.3) is 0 Å². The van der Waals surface area contributed by atoms with Crippen LogP contribution in [0.15, 0.2) is 52.4 Å². The maximum Gasteiger partial charge on any atom is 0.223 e. The summed E-state index contributed by atoms with van der Waals surface area (Å²) in [5, 5.41) is 0. The number of nitrogens with two attached hydrogens (primary N) is 3. The molecule has 0 aliphatic carbocycles. The second kappa shape index (κ2) is 7.12. The smallest absolute Gasteiger partial charge is 0.223 e. The van der Waals surface area contributed by atoms with Crippen LogP contribution in [0.4, 0.5) is 10.1 Å². The monoisotopic (exact) mass is 317 g/mol. The Hall–Kier alpha value is -3.29. The molecule has 23 heavy (non-hydrogen) atoms. The predicted octanol–water partition coefficient (Wildman–Crippen LogP) is 1.85. The highest BCUT2D eigenvalue weighted by molar-refractivity contribution is 5.93. The van der Waals surface area contributed by atoms with Crippen molar-refractivity contribution >= 4 is 17.6 Å². The van der Waals surface area contributed by atoms with E-state index >= 15 is 0 Å². The van der Waals surface area contributed by atoms with Crippen molar-refractivity contribution in [3.63, 3.8) is 0 Å². The second-order valence-corrected chi connectivity index (χ2v) is 4.40. The molecule has 0 unspecified atom stereocenters. The third kappa shape index (κ3) is 4.60. The minimum Gasteiger partial charge on any atom is -0.497 e. The summed E-state index contributed by atoms with van der Waals surface area (Å²) in [6, 6.07) is 10.7. The van der Waals surface area contributed by atoms with Crippen molar-refractivity contribution < 1.29 is 13.9 Å². The first kappa shape index (κ1) is 16.1. The van der Waals surface area contributed by atoms with Crippen LogP contribution in [0.2, 0.25) is 0 Å². The second-order valence-electron chi connectivity index (χ2n) is 4.40. The van der Waals surface area contributed by atoms with Gasteiger partial charge in [0.15, 0.2) is 11.7 Å². The first-order chi connectivity index (χ1) is 11.0. The molecule has 0 aliphatic rings. The number of ether oxygens (including phenoxy) is 2. The van der Waals surface area contributed by atoms with Crippen LogP contribution >= 0.6 is 0 Å². The van der Waals surface area contributed by atoms with Crippen molar-refractivity contribution in [2.75, 3.05) is 7.11 Å². The molecule has 0 aromatic heterocycles. The average molecular weight is 317 g/mol. The lowest BCUT2D eigenvalue weighted by Crippen LogP contribution is -2.26. The highest BCUT2D eigenvalue weighted by Gasteiger charge is 2.07. The van der Waals surface area contributed by atoms with Crippen LogP contribution in [0.5, 0.6) is 17.2 Å². The summed E-state index contributed by atoms with van der Waals surface area (Å²) in [4.78, 5) is 7.53. The van der Waals surface area contributed by atoms with Crippen molar-refractivity contribution in [2.45, 2.75) is 0 Å². The van der Waals surface area contributed by atoms with Gasteiger partial charge in [-0.3, -0.25) is 0 Å². The van der Waals surface area contributed by atoms with Crippen molar-refractivity contribution in [2.24, 2.45) is 27.2 Å². The minimum atomic E-state index is -0.497. The Balaban J connectivity index is 2.32. The van der Waals surface area contributed by atoms with Gasteiger partial charge in [-0.25, -0.2) is 9.38 Å². The Morgan fingerprint density at radius 1 is 1.00 bits per heavy atom. The molecule has 0 amide bonds. The minimum absolute atomic E-state index is 0.156. The van der Waals surface area contributed by atoms with Gasteiger partial charge in [-0.2, -0.15) is 4.99 Å². The molecule has 0 saturated carbocycles. The lowest BCUT2D eigenvalue weighted by Gasteiger charge is -2.09. The molecule has 0 bridgehead atoms. The standard InChI is InChI=1S/C15H16FN5O2/c1-22-10-3-5-11(6-4-10)23-13-7-2-9(16)8-12(13)20-15(19)21-14(17)18/h2-8H,1H3,(H6,17,18,19,20,21). The first-order valence-electron chi connectivity index (χ1n) is 6.53. The lowest BCUT2D eigenvalue weighted by atomic mass is 10.2. The molecule has 0 atom stereocenters. The molecule has 0 saturated heterocycles. The van der Waals surface area contributed by atoms with E-state index in [1.807, 2.05) is 0 Å². The summed E-state index contributed by atoms with van der Waals surface area (Å²) in [5.41, 5.74) is 16.2. The zero-order chi connectivity index (χ0) is 16.8. The number of nitrogens with zero attached hydrogens (tertiary/aromatic N) is 2. The van der Waals surface area contributed by atoms with Gasteiger partial charge in [-0.05, 0) is 36.4 Å². The molecule has 0 aliphatic heterocycles. The summed E-state index contributed by atoms with van der Waals surface area (Å²) >= 11 is 0. The Labute approximate surface area is 132 Å². The lowest BCUT2D eigenvalue weighted by molar-refractivity contribution is 0.413. The van der Waals surface area contributed by atoms with E-state index in [0.717, 1.165) is 6.07 Å². The van der Waals surface area contributed by atoms with E-state index in [2.05, 4.69) is 9.98 Å². The molecule has 8 heteroatoms. The molecule has 2 aromatic rings. The predicted molar refractivity (Wildman–Crippen MR) is 86.6 cm³/mol. The Morgan fingerprint density at radius 2 is 1.65 bits per heavy atom. The number of benzene rings is 2. The molecular formula is C15H16FN5O2. The van der Waals surface area contributed by atoms with Crippen LogP contribution in [0, 0.1) is 5.82 Å². The average Bonchev–Trinajstić information content (AvgIpc) is 2.50. The fourth-order valence-electron chi connectivity index (χ4n) is 1.72. The molecule has 7 nitrogen and oxygen atoms in total. The Kier molecular flexibility index (Phi) is 4.98. The third-order valence-electron chi connectivity index (χ3n) is 2.69. The van der Waals surface area contributed by atoms with E-state index in [0.29, 0.717) is 17.2 Å². The summed E-state index contributed by atoms with van der Waals surface area (Å²) in [5.74, 6) is 0.546. The fourth-order valence-corrected chi connectivity index (χ4v) is 1.72. The summed E-state index contributed by atoms with van der Waals surface area (Å²) in [6.07, 6.45) is 0. The molecule has 2 aromatic carbocycles. The van der Waals surface area contributed by atoms with Crippen molar-refractivity contribution in [1.82, 2.24) is 0 Å². The van der Waals surface area contributed by atoms with Gasteiger partial charge in [0, 0.05) is 6.07 Å². The fraction of sp³-hybridized carbons (Fsp3) is 0.0667. The van der Waals surface area contributed by atoms with Gasteiger partial charge in [0.2, 0.25) is 5.96 Å². The molecule has 2 rings (SSSR count). The maximum atomic E-state index is 13.4. The maximum absolute atomic E-state index is 13.4. The highest BCUT2D eigenvalue weighted by atomic mass is 19.1. The van der Waals surface area contributed by atoms with Crippen LogP contribution in [0.3, 0.4) is 0 Å². The first-order valence-corrected chi connectivity index (χ1v) is 6.53. The van der Waals surface area contributed by atoms with Gasteiger partial charge in [0.1, 0.15) is 23.0 Å². The van der Waals surface area contributed by atoms with Crippen molar-refractivity contribution in [1.29, 1.82) is 0 Å². The van der Waals surface area contributed by atoms with E-state index in [1.54, 1.807) is 31.4 Å². The summed E-state index contributed by atoms with van der Waals surface area (Å²) in [6.45, 7) is 0. The van der Waals surface area contributed by atoms with Crippen LogP contribution in [0.1, 0.15) is 0 Å². The number of hydrogen-bond donors (Lipinski definition) is 3. The van der Waals surface area contributed by atoms with E-state index in [-0.39, 0.29) is 17.6 Å². The van der Waals surface area contributed by atoms with Gasteiger partial charge in [-0.15, -0.1) is 0 Å². The van der Waals surface area contributed by atoms with Crippen molar-refractivity contribution in [3.8, 4) is 17.2 Å². The zero-order valence-electron chi connectivity index (χ0n) is 12.4. The number of hydrogen-bond acceptors (Lipinski definition) is 3. The topological polar surface area (TPSA) is 121 Å². The number of rotatable bonds is 4. The van der Waals surface area contributed by atoms with E-state index < -0.39 is 5.82 Å². The van der Waals surface area contributed by atoms with Crippen LogP contribution in [0.25, 0.3) is 0 Å². The molecule has 0 fully saturated rings. The number of aliphatic imine (C=N–C) groups is 2. The van der Waals surface area contributed by atoms with Crippen LogP contribution in [-0.4, -0.2) is 19.0 Å². The van der Waals surface area contributed by atoms with Gasteiger partial charge >= 0.3 is 0 Å². The summed E-state index contributed by atoms with van der Waals surface area (Å²) in [7, 11) is 1.56. The van der Waals surface area contributed by atoms with Gasteiger partial charge in [0.05, 0.1) is 7.11 Å². The molecule has 120 valence electrons. The third-order valence-corrected chi connectivity index (χ3v) is 2.69. The SMILES string of the molecule is COc1ccc(Oc2ccc(F)cc2N=C(N)N=C(N)N)cc1. The van der Waals surface area contributed by atoms with Crippen LogP contribution in [-0.2, 0) is 0 Å². The number of guanidine groups is 2. The molecular weight excluding hydrogens is 301 g/mol.